The Hall–Kier alpha value is -1.42. The molecule has 0 unspecified atom stereocenters. The molecule has 2 atom stereocenters. The number of hydrogen-bond donors (Lipinski definition) is 0. The van der Waals surface area contributed by atoms with Crippen molar-refractivity contribution in [2.45, 2.75) is 95.8 Å². The van der Waals surface area contributed by atoms with Gasteiger partial charge in [-0.1, -0.05) is 18.2 Å². The van der Waals surface area contributed by atoms with Crippen LogP contribution in [0, 0.1) is 0 Å². The molecule has 1 heterocycles. The van der Waals surface area contributed by atoms with E-state index in [0.29, 0.717) is 0 Å². The molecule has 0 bridgehead atoms. The number of methoxy groups -OCH3 is 1. The van der Waals surface area contributed by atoms with E-state index in [2.05, 4.69) is 44.4 Å². The Bertz CT molecular complexity index is 627. The predicted octanol–water partition coefficient (Wildman–Crippen LogP) is 6.88. The number of nitrogens with zero attached hydrogens (tertiary/aromatic N) is 1. The molecular formula is C25H41NO3S. The maximum Gasteiger partial charge on any atom is 0.411 e. The van der Waals surface area contributed by atoms with Crippen molar-refractivity contribution < 1.29 is 14.3 Å². The van der Waals surface area contributed by atoms with Gasteiger partial charge in [0.25, 0.3) is 0 Å². The van der Waals surface area contributed by atoms with Gasteiger partial charge in [0.2, 0.25) is 0 Å². The van der Waals surface area contributed by atoms with E-state index in [9.17, 15) is 4.79 Å². The Morgan fingerprint density at radius 3 is 2.60 bits per heavy atom. The molecule has 1 amide bonds. The van der Waals surface area contributed by atoms with Crippen LogP contribution in [0.4, 0.5) is 4.79 Å². The maximum atomic E-state index is 12.7. The van der Waals surface area contributed by atoms with Gasteiger partial charge in [-0.3, -0.25) is 4.90 Å². The van der Waals surface area contributed by atoms with Crippen LogP contribution >= 0.6 is 11.8 Å². The van der Waals surface area contributed by atoms with E-state index in [1.807, 2.05) is 37.8 Å². The van der Waals surface area contributed by atoms with Crippen molar-refractivity contribution >= 4 is 17.9 Å². The molecule has 0 N–H and O–H groups in total. The third-order valence-electron chi connectivity index (χ3n) is 4.82. The number of ether oxygens (including phenoxy) is 2. The minimum atomic E-state index is -0.479. The minimum absolute atomic E-state index is 0.0898. The highest BCUT2D eigenvalue weighted by atomic mass is 32.2. The van der Waals surface area contributed by atoms with Gasteiger partial charge in [0, 0.05) is 12.9 Å². The number of unbranched alkanes of at least 4 members (excludes halogenated alkanes) is 3. The summed E-state index contributed by atoms with van der Waals surface area (Å²) in [4.78, 5) is 14.3. The van der Waals surface area contributed by atoms with E-state index in [1.54, 1.807) is 18.9 Å². The molecule has 1 rings (SSSR count). The molecule has 0 radical (unpaired) electrons. The van der Waals surface area contributed by atoms with Crippen molar-refractivity contribution in [2.24, 2.45) is 0 Å². The number of carbonyl (C=O) groups is 1. The molecule has 1 saturated heterocycles. The van der Waals surface area contributed by atoms with Gasteiger partial charge in [-0.05, 0) is 85.3 Å². The lowest BCUT2D eigenvalue weighted by Crippen LogP contribution is -2.48. The molecule has 0 aromatic carbocycles. The second-order valence-corrected chi connectivity index (χ2v) is 10.7. The second-order valence-electron chi connectivity index (χ2n) is 9.08. The summed E-state index contributed by atoms with van der Waals surface area (Å²) >= 11 is 1.80. The molecule has 0 aromatic rings. The minimum Gasteiger partial charge on any atom is -0.444 e. The quantitative estimate of drug-likeness (QED) is 0.201. The highest BCUT2D eigenvalue weighted by Gasteiger charge is 2.44. The number of thioether (sulfide) groups is 1. The molecule has 0 aromatic heterocycles. The van der Waals surface area contributed by atoms with Crippen LogP contribution < -0.4 is 0 Å². The summed E-state index contributed by atoms with van der Waals surface area (Å²) in [6.45, 7) is 13.6. The average Bonchev–Trinajstić information content (AvgIpc) is 2.95. The van der Waals surface area contributed by atoms with E-state index in [1.165, 1.54) is 0 Å². The lowest BCUT2D eigenvalue weighted by Gasteiger charge is -2.35. The smallest absolute Gasteiger partial charge is 0.411 e. The molecule has 5 heteroatoms. The zero-order valence-corrected chi connectivity index (χ0v) is 20.6. The molecule has 0 aliphatic carbocycles. The SMILES string of the molecule is C=CC[C@H](CC=C=CCCCC/C=C/[C@@H]1CSC(C)(C)N1C(=O)OC(C)(C)C)OC. The lowest BCUT2D eigenvalue weighted by atomic mass is 10.1. The van der Waals surface area contributed by atoms with E-state index >= 15 is 0 Å². The van der Waals surface area contributed by atoms with Gasteiger partial charge in [-0.15, -0.1) is 24.1 Å². The molecule has 1 fully saturated rings. The van der Waals surface area contributed by atoms with Crippen molar-refractivity contribution in [3.8, 4) is 0 Å². The fourth-order valence-corrected chi connectivity index (χ4v) is 4.43. The number of amides is 1. The third kappa shape index (κ3) is 10.1. The molecule has 1 aliphatic rings. The second kappa shape index (κ2) is 13.1. The van der Waals surface area contributed by atoms with Gasteiger partial charge in [0.1, 0.15) is 5.60 Å². The zero-order chi connectivity index (χ0) is 22.6. The van der Waals surface area contributed by atoms with E-state index < -0.39 is 5.60 Å². The maximum absolute atomic E-state index is 12.7. The molecule has 170 valence electrons. The summed E-state index contributed by atoms with van der Waals surface area (Å²) in [7, 11) is 1.73. The number of rotatable bonds is 11. The Morgan fingerprint density at radius 2 is 1.97 bits per heavy atom. The van der Waals surface area contributed by atoms with Crippen molar-refractivity contribution in [3.63, 3.8) is 0 Å². The molecule has 4 nitrogen and oxygen atoms in total. The van der Waals surface area contributed by atoms with Crippen LogP contribution in [0.5, 0.6) is 0 Å². The Labute approximate surface area is 188 Å². The van der Waals surface area contributed by atoms with E-state index in [4.69, 9.17) is 9.47 Å². The zero-order valence-electron chi connectivity index (χ0n) is 19.8. The fraction of sp³-hybridized carbons (Fsp3) is 0.680. The normalized spacial score (nSPS) is 19.4. The summed E-state index contributed by atoms with van der Waals surface area (Å²) in [6, 6.07) is 0.0898. The monoisotopic (exact) mass is 435 g/mol. The van der Waals surface area contributed by atoms with Gasteiger partial charge in [0.15, 0.2) is 0 Å². The fourth-order valence-electron chi connectivity index (χ4n) is 3.24. The first-order valence-electron chi connectivity index (χ1n) is 11.0. The van der Waals surface area contributed by atoms with Crippen molar-refractivity contribution in [1.29, 1.82) is 0 Å². The van der Waals surface area contributed by atoms with Crippen molar-refractivity contribution in [2.75, 3.05) is 12.9 Å². The first-order valence-corrected chi connectivity index (χ1v) is 12.0. The molecule has 30 heavy (non-hydrogen) atoms. The van der Waals surface area contributed by atoms with E-state index in [-0.39, 0.29) is 23.1 Å². The summed E-state index contributed by atoms with van der Waals surface area (Å²) in [5, 5.41) is 0. The van der Waals surface area contributed by atoms with Crippen LogP contribution in [0.3, 0.4) is 0 Å². The van der Waals surface area contributed by atoms with Crippen molar-refractivity contribution in [1.82, 2.24) is 4.90 Å². The largest absolute Gasteiger partial charge is 0.444 e. The van der Waals surface area contributed by atoms with Gasteiger partial charge < -0.3 is 9.47 Å². The van der Waals surface area contributed by atoms with Gasteiger partial charge in [-0.2, -0.15) is 0 Å². The highest BCUT2D eigenvalue weighted by Crippen LogP contribution is 2.40. The summed E-state index contributed by atoms with van der Waals surface area (Å²) in [5.74, 6) is 0.907. The topological polar surface area (TPSA) is 38.8 Å². The van der Waals surface area contributed by atoms with Crippen LogP contribution in [0.1, 0.15) is 73.1 Å². The molecule has 1 aliphatic heterocycles. The molecular weight excluding hydrogens is 394 g/mol. The molecule has 0 saturated carbocycles. The summed E-state index contributed by atoms with van der Waals surface area (Å²) in [6.07, 6.45) is 16.4. The number of hydrogen-bond acceptors (Lipinski definition) is 4. The predicted molar refractivity (Wildman–Crippen MR) is 129 cm³/mol. The van der Waals surface area contributed by atoms with Crippen LogP contribution in [0.25, 0.3) is 0 Å². The standard InChI is InChI=1S/C25H41NO3S/c1-8-17-22(28-7)19-16-14-12-10-9-11-13-15-18-21-20-30-25(5,6)26(21)23(27)29-24(2,3)4/h8,12,15-16,18,21-22H,1,9-11,13,17,19-20H2,2-7H3/b18-15+/t14?,21-,22-/m1/s1. The number of allylic oxidation sites excluding steroid dienone is 1. The Kier molecular flexibility index (Phi) is 11.6. The van der Waals surface area contributed by atoms with Crippen LogP contribution in [-0.2, 0) is 9.47 Å². The highest BCUT2D eigenvalue weighted by molar-refractivity contribution is 8.00. The van der Waals surface area contributed by atoms with E-state index in [0.717, 1.165) is 44.3 Å². The summed E-state index contributed by atoms with van der Waals surface area (Å²) in [5.41, 5.74) is 2.77. The van der Waals surface area contributed by atoms with Gasteiger partial charge in [0.05, 0.1) is 17.0 Å². The van der Waals surface area contributed by atoms with Gasteiger partial charge in [-0.25, -0.2) is 4.79 Å². The number of carbonyl (C=O) groups excluding carboxylic acids is 1. The first-order chi connectivity index (χ1) is 14.1. The Balaban J connectivity index is 2.38. The lowest BCUT2D eigenvalue weighted by molar-refractivity contribution is 0.0138. The first kappa shape index (κ1) is 26.6. The Morgan fingerprint density at radius 1 is 1.27 bits per heavy atom. The van der Waals surface area contributed by atoms with Crippen molar-refractivity contribution in [3.05, 3.63) is 42.7 Å². The van der Waals surface area contributed by atoms with Gasteiger partial charge >= 0.3 is 6.09 Å². The average molecular weight is 436 g/mol. The van der Waals surface area contributed by atoms with Crippen LogP contribution in [0.2, 0.25) is 0 Å². The molecule has 0 spiro atoms. The third-order valence-corrected chi connectivity index (χ3v) is 6.23. The van der Waals surface area contributed by atoms with Crippen LogP contribution in [0.15, 0.2) is 42.7 Å². The summed E-state index contributed by atoms with van der Waals surface area (Å²) < 4.78 is 11.0. The van der Waals surface area contributed by atoms with Crippen LogP contribution in [-0.4, -0.2) is 46.5 Å².